The normalized spacial score (nSPS) is 16.4. The van der Waals surface area contributed by atoms with Crippen molar-refractivity contribution in [1.82, 2.24) is 15.6 Å². The zero-order chi connectivity index (χ0) is 19.7. The molecule has 0 aliphatic carbocycles. The van der Waals surface area contributed by atoms with E-state index in [4.69, 9.17) is 11.6 Å². The first-order valence-electron chi connectivity index (χ1n) is 9.14. The number of carbonyl (C=O) groups is 2. The first kappa shape index (κ1) is 18.5. The van der Waals surface area contributed by atoms with Gasteiger partial charge in [0.25, 0.3) is 0 Å². The lowest BCUT2D eigenvalue weighted by atomic mass is 10.0. The topological polar surface area (TPSA) is 74.0 Å². The molecule has 2 heterocycles. The minimum Gasteiger partial charge on any atom is -0.354 e. The number of aryl methyl sites for hydroxylation is 1. The van der Waals surface area contributed by atoms with Crippen LogP contribution in [0.4, 0.5) is 4.39 Å². The molecule has 1 unspecified atom stereocenters. The van der Waals surface area contributed by atoms with Gasteiger partial charge in [-0.25, -0.2) is 4.39 Å². The van der Waals surface area contributed by atoms with E-state index in [1.165, 1.54) is 12.1 Å². The van der Waals surface area contributed by atoms with E-state index in [1.54, 1.807) is 18.2 Å². The molecule has 1 atom stereocenters. The Balaban J connectivity index is 1.61. The molecule has 1 aromatic heterocycles. The van der Waals surface area contributed by atoms with E-state index in [2.05, 4.69) is 15.6 Å². The van der Waals surface area contributed by atoms with E-state index in [0.717, 1.165) is 27.7 Å². The first-order valence-corrected chi connectivity index (χ1v) is 9.52. The molecule has 3 aromatic rings. The molecule has 1 aliphatic rings. The highest BCUT2D eigenvalue weighted by atomic mass is 35.5. The fourth-order valence-corrected chi connectivity index (χ4v) is 3.75. The number of carbonyl (C=O) groups excluding carboxylic acids is 2. The molecule has 2 amide bonds. The van der Waals surface area contributed by atoms with Crippen LogP contribution in [0, 0.1) is 5.82 Å². The number of rotatable bonds is 5. The van der Waals surface area contributed by atoms with Gasteiger partial charge in [-0.3, -0.25) is 9.59 Å². The van der Waals surface area contributed by atoms with E-state index < -0.39 is 6.04 Å². The highest BCUT2D eigenvalue weighted by molar-refractivity contribution is 6.31. The van der Waals surface area contributed by atoms with Gasteiger partial charge >= 0.3 is 0 Å². The number of benzene rings is 2. The zero-order valence-electron chi connectivity index (χ0n) is 15.0. The van der Waals surface area contributed by atoms with Crippen LogP contribution in [-0.2, 0) is 16.0 Å². The Morgan fingerprint density at radius 2 is 2.00 bits per heavy atom. The lowest BCUT2D eigenvalue weighted by Gasteiger charge is -2.10. The number of aromatic amines is 1. The van der Waals surface area contributed by atoms with Gasteiger partial charge in [0.05, 0.1) is 0 Å². The predicted molar refractivity (Wildman–Crippen MR) is 107 cm³/mol. The standard InChI is InChI=1S/C21H19ClFN3O2/c22-13-3-7-17-16(11-13)15(20(26-17)12-1-4-14(23)5-2-12)6-8-19(27)25-18-9-10-24-21(18)28/h1-5,7,11,18,26H,6,8-10H2,(H,24,28)(H,25,27). The third-order valence-corrected chi connectivity index (χ3v) is 5.22. The highest BCUT2D eigenvalue weighted by Crippen LogP contribution is 2.33. The van der Waals surface area contributed by atoms with Crippen molar-refractivity contribution < 1.29 is 14.0 Å². The van der Waals surface area contributed by atoms with Crippen LogP contribution in [0.15, 0.2) is 42.5 Å². The third kappa shape index (κ3) is 3.73. The Morgan fingerprint density at radius 3 is 2.71 bits per heavy atom. The maximum atomic E-state index is 13.3. The lowest BCUT2D eigenvalue weighted by Crippen LogP contribution is -2.40. The number of halogens is 2. The fraction of sp³-hybridized carbons (Fsp3) is 0.238. The van der Waals surface area contributed by atoms with Crippen LogP contribution in [0.2, 0.25) is 5.02 Å². The van der Waals surface area contributed by atoms with Gasteiger partial charge < -0.3 is 15.6 Å². The van der Waals surface area contributed by atoms with Crippen molar-refractivity contribution in [2.75, 3.05) is 6.54 Å². The molecule has 144 valence electrons. The average Bonchev–Trinajstić information content (AvgIpc) is 3.24. The van der Waals surface area contributed by atoms with Crippen molar-refractivity contribution in [3.8, 4) is 11.3 Å². The van der Waals surface area contributed by atoms with Crippen molar-refractivity contribution >= 4 is 34.3 Å². The fourth-order valence-electron chi connectivity index (χ4n) is 3.58. The molecule has 0 bridgehead atoms. The van der Waals surface area contributed by atoms with Crippen LogP contribution in [0.5, 0.6) is 0 Å². The van der Waals surface area contributed by atoms with Crippen molar-refractivity contribution in [3.05, 3.63) is 58.9 Å². The summed E-state index contributed by atoms with van der Waals surface area (Å²) in [4.78, 5) is 27.4. The van der Waals surface area contributed by atoms with Crippen molar-refractivity contribution in [2.24, 2.45) is 0 Å². The molecule has 3 N–H and O–H groups in total. The summed E-state index contributed by atoms with van der Waals surface area (Å²) >= 11 is 6.17. The largest absolute Gasteiger partial charge is 0.354 e. The predicted octanol–water partition coefficient (Wildman–Crippen LogP) is 3.56. The minimum absolute atomic E-state index is 0.140. The van der Waals surface area contributed by atoms with E-state index in [1.807, 2.05) is 12.1 Å². The number of hydrogen-bond acceptors (Lipinski definition) is 2. The molecule has 1 fully saturated rings. The van der Waals surface area contributed by atoms with Gasteiger partial charge in [-0.15, -0.1) is 0 Å². The number of aromatic nitrogens is 1. The maximum Gasteiger partial charge on any atom is 0.242 e. The summed E-state index contributed by atoms with van der Waals surface area (Å²) < 4.78 is 13.3. The monoisotopic (exact) mass is 399 g/mol. The number of H-pyrrole nitrogens is 1. The summed E-state index contributed by atoms with van der Waals surface area (Å²) in [5.74, 6) is -0.624. The van der Waals surface area contributed by atoms with Crippen LogP contribution in [0.25, 0.3) is 22.2 Å². The summed E-state index contributed by atoms with van der Waals surface area (Å²) in [6.07, 6.45) is 1.30. The Hall–Kier alpha value is -2.86. The second kappa shape index (κ2) is 7.64. The minimum atomic E-state index is -0.457. The number of nitrogens with one attached hydrogen (secondary N) is 3. The summed E-state index contributed by atoms with van der Waals surface area (Å²) in [6.45, 7) is 0.583. The zero-order valence-corrected chi connectivity index (χ0v) is 15.8. The molecule has 0 saturated carbocycles. The molecule has 7 heteroatoms. The molecular formula is C21H19ClFN3O2. The average molecular weight is 400 g/mol. The molecule has 1 aliphatic heterocycles. The smallest absolute Gasteiger partial charge is 0.242 e. The van der Waals surface area contributed by atoms with Crippen LogP contribution in [-0.4, -0.2) is 29.4 Å². The Kier molecular flexibility index (Phi) is 5.05. The van der Waals surface area contributed by atoms with E-state index in [-0.39, 0.29) is 24.1 Å². The van der Waals surface area contributed by atoms with Crippen molar-refractivity contribution in [3.63, 3.8) is 0 Å². The number of hydrogen-bond donors (Lipinski definition) is 3. The molecule has 1 saturated heterocycles. The van der Waals surface area contributed by atoms with Gasteiger partial charge in [-0.2, -0.15) is 0 Å². The summed E-state index contributed by atoms with van der Waals surface area (Å²) in [6, 6.07) is 11.3. The second-order valence-electron chi connectivity index (χ2n) is 6.88. The molecule has 2 aromatic carbocycles. The quantitative estimate of drug-likeness (QED) is 0.613. The van der Waals surface area contributed by atoms with Crippen molar-refractivity contribution in [1.29, 1.82) is 0 Å². The Bertz CT molecular complexity index is 1050. The van der Waals surface area contributed by atoms with E-state index in [0.29, 0.717) is 24.4 Å². The molecule has 5 nitrogen and oxygen atoms in total. The molecule has 28 heavy (non-hydrogen) atoms. The van der Waals surface area contributed by atoms with Gasteiger partial charge in [-0.05, 0) is 66.4 Å². The van der Waals surface area contributed by atoms with Crippen molar-refractivity contribution in [2.45, 2.75) is 25.3 Å². The highest BCUT2D eigenvalue weighted by Gasteiger charge is 2.25. The second-order valence-corrected chi connectivity index (χ2v) is 7.31. The summed E-state index contributed by atoms with van der Waals surface area (Å²) in [5.41, 5.74) is 3.51. The number of amides is 2. The van der Waals surface area contributed by atoms with E-state index in [9.17, 15) is 14.0 Å². The van der Waals surface area contributed by atoms with Crippen LogP contribution < -0.4 is 10.6 Å². The van der Waals surface area contributed by atoms with Crippen LogP contribution >= 0.6 is 11.6 Å². The SMILES string of the molecule is O=C(CCc1c(-c2ccc(F)cc2)[nH]c2ccc(Cl)cc12)NC1CCNC1=O. The Labute approximate surface area is 166 Å². The first-order chi connectivity index (χ1) is 13.5. The lowest BCUT2D eigenvalue weighted by molar-refractivity contribution is -0.127. The summed E-state index contributed by atoms with van der Waals surface area (Å²) in [7, 11) is 0. The molecule has 0 spiro atoms. The third-order valence-electron chi connectivity index (χ3n) is 4.99. The van der Waals surface area contributed by atoms with Gasteiger partial charge in [0, 0.05) is 34.6 Å². The van der Waals surface area contributed by atoms with Gasteiger partial charge in [-0.1, -0.05) is 11.6 Å². The van der Waals surface area contributed by atoms with Gasteiger partial charge in [0.2, 0.25) is 11.8 Å². The Morgan fingerprint density at radius 1 is 1.21 bits per heavy atom. The van der Waals surface area contributed by atoms with Crippen LogP contribution in [0.3, 0.4) is 0 Å². The molecule has 4 rings (SSSR count). The number of fused-ring (bicyclic) bond motifs is 1. The van der Waals surface area contributed by atoms with Gasteiger partial charge in [0.1, 0.15) is 11.9 Å². The molecule has 0 radical (unpaired) electrons. The summed E-state index contributed by atoms with van der Waals surface area (Å²) in [5, 5.41) is 7.02. The van der Waals surface area contributed by atoms with E-state index >= 15 is 0 Å². The van der Waals surface area contributed by atoms with Gasteiger partial charge in [0.15, 0.2) is 0 Å². The molecular weight excluding hydrogens is 381 g/mol. The van der Waals surface area contributed by atoms with Crippen LogP contribution in [0.1, 0.15) is 18.4 Å². The maximum absolute atomic E-state index is 13.3.